The normalized spacial score (nSPS) is 10.5. The highest BCUT2D eigenvalue weighted by molar-refractivity contribution is 5.39. The molecule has 0 aliphatic rings. The van der Waals surface area contributed by atoms with Crippen molar-refractivity contribution in [3.05, 3.63) is 95.1 Å². The van der Waals surface area contributed by atoms with Crippen molar-refractivity contribution >= 4 is 0 Å². The summed E-state index contributed by atoms with van der Waals surface area (Å²) in [7, 11) is 3.38. The van der Waals surface area contributed by atoms with Gasteiger partial charge in [-0.1, -0.05) is 54.6 Å². The minimum atomic E-state index is 0.843. The SMILES string of the molecule is COc1cc(CCc2cccc(CCc3ccccc3)c2)cc(OC)c1. The van der Waals surface area contributed by atoms with Gasteiger partial charge in [0.05, 0.1) is 14.2 Å². The predicted molar refractivity (Wildman–Crippen MR) is 107 cm³/mol. The minimum Gasteiger partial charge on any atom is -0.497 e. The number of aryl methyl sites for hydroxylation is 4. The second-order valence-electron chi connectivity index (χ2n) is 6.53. The van der Waals surface area contributed by atoms with Gasteiger partial charge in [0.2, 0.25) is 0 Å². The monoisotopic (exact) mass is 346 g/mol. The number of methoxy groups -OCH3 is 2. The highest BCUT2D eigenvalue weighted by atomic mass is 16.5. The lowest BCUT2D eigenvalue weighted by Gasteiger charge is -2.09. The van der Waals surface area contributed by atoms with Crippen LogP contribution in [0.1, 0.15) is 22.3 Å². The van der Waals surface area contributed by atoms with E-state index in [0.717, 1.165) is 37.2 Å². The fraction of sp³-hybridized carbons (Fsp3) is 0.250. The van der Waals surface area contributed by atoms with Gasteiger partial charge in [0.1, 0.15) is 11.5 Å². The summed E-state index contributed by atoms with van der Waals surface area (Å²) in [5.41, 5.74) is 5.39. The van der Waals surface area contributed by atoms with E-state index in [0.29, 0.717) is 0 Å². The topological polar surface area (TPSA) is 18.5 Å². The molecule has 0 aliphatic heterocycles. The molecule has 0 aliphatic carbocycles. The Morgan fingerprint density at radius 3 is 1.58 bits per heavy atom. The lowest BCUT2D eigenvalue weighted by atomic mass is 9.99. The third kappa shape index (κ3) is 5.13. The van der Waals surface area contributed by atoms with E-state index in [2.05, 4.69) is 66.7 Å². The van der Waals surface area contributed by atoms with Crippen molar-refractivity contribution in [2.24, 2.45) is 0 Å². The molecule has 0 fully saturated rings. The molecule has 0 saturated carbocycles. The van der Waals surface area contributed by atoms with Crippen molar-refractivity contribution in [1.82, 2.24) is 0 Å². The molecular weight excluding hydrogens is 320 g/mol. The molecule has 0 spiro atoms. The zero-order chi connectivity index (χ0) is 18.2. The fourth-order valence-electron chi connectivity index (χ4n) is 3.17. The Kier molecular flexibility index (Phi) is 6.32. The molecule has 0 atom stereocenters. The van der Waals surface area contributed by atoms with Gasteiger partial charge in [-0.2, -0.15) is 0 Å². The standard InChI is InChI=1S/C24H26O2/c1-25-23-16-22(17-24(18-23)26-2)14-13-21-10-6-9-20(15-21)12-11-19-7-4-3-5-8-19/h3-10,15-18H,11-14H2,1-2H3. The van der Waals surface area contributed by atoms with Gasteiger partial charge in [-0.05, 0) is 60.1 Å². The molecule has 2 nitrogen and oxygen atoms in total. The van der Waals surface area contributed by atoms with Crippen molar-refractivity contribution in [1.29, 1.82) is 0 Å². The zero-order valence-electron chi connectivity index (χ0n) is 15.6. The first-order chi connectivity index (χ1) is 12.8. The van der Waals surface area contributed by atoms with Crippen molar-refractivity contribution in [3.63, 3.8) is 0 Å². The molecule has 0 bridgehead atoms. The summed E-state index contributed by atoms with van der Waals surface area (Å²) in [6.07, 6.45) is 4.13. The molecule has 134 valence electrons. The molecular formula is C24H26O2. The summed E-state index contributed by atoms with van der Waals surface area (Å²) < 4.78 is 10.7. The molecule has 0 heterocycles. The zero-order valence-corrected chi connectivity index (χ0v) is 15.6. The molecule has 0 saturated heterocycles. The van der Waals surface area contributed by atoms with Crippen LogP contribution in [-0.2, 0) is 25.7 Å². The molecule has 3 aromatic carbocycles. The van der Waals surface area contributed by atoms with Gasteiger partial charge in [-0.25, -0.2) is 0 Å². The van der Waals surface area contributed by atoms with Crippen LogP contribution in [0.2, 0.25) is 0 Å². The van der Waals surface area contributed by atoms with E-state index in [9.17, 15) is 0 Å². The quantitative estimate of drug-likeness (QED) is 0.553. The molecule has 0 aromatic heterocycles. The predicted octanol–water partition coefficient (Wildman–Crippen LogP) is 5.27. The summed E-state index contributed by atoms with van der Waals surface area (Å²) in [5.74, 6) is 1.69. The van der Waals surface area contributed by atoms with Gasteiger partial charge in [0.25, 0.3) is 0 Å². The molecule has 0 amide bonds. The fourth-order valence-corrected chi connectivity index (χ4v) is 3.17. The Morgan fingerprint density at radius 2 is 1.00 bits per heavy atom. The van der Waals surface area contributed by atoms with E-state index in [-0.39, 0.29) is 0 Å². The highest BCUT2D eigenvalue weighted by Gasteiger charge is 2.04. The van der Waals surface area contributed by atoms with Gasteiger partial charge in [0, 0.05) is 6.07 Å². The molecule has 0 unspecified atom stereocenters. The average molecular weight is 346 g/mol. The van der Waals surface area contributed by atoms with E-state index in [4.69, 9.17) is 9.47 Å². The first-order valence-corrected chi connectivity index (χ1v) is 9.10. The van der Waals surface area contributed by atoms with E-state index < -0.39 is 0 Å². The maximum atomic E-state index is 5.36. The van der Waals surface area contributed by atoms with Crippen molar-refractivity contribution < 1.29 is 9.47 Å². The lowest BCUT2D eigenvalue weighted by Crippen LogP contribution is -1.96. The summed E-state index contributed by atoms with van der Waals surface area (Å²) in [6, 6.07) is 25.7. The maximum Gasteiger partial charge on any atom is 0.122 e. The molecule has 0 radical (unpaired) electrons. The van der Waals surface area contributed by atoms with Gasteiger partial charge >= 0.3 is 0 Å². The van der Waals surface area contributed by atoms with Crippen LogP contribution in [-0.4, -0.2) is 14.2 Å². The van der Waals surface area contributed by atoms with Crippen LogP contribution >= 0.6 is 0 Å². The molecule has 0 N–H and O–H groups in total. The Labute approximate surface area is 156 Å². The van der Waals surface area contributed by atoms with Crippen LogP contribution in [0.15, 0.2) is 72.8 Å². The maximum absolute atomic E-state index is 5.36. The Morgan fingerprint density at radius 1 is 0.500 bits per heavy atom. The average Bonchev–Trinajstić information content (AvgIpc) is 2.71. The number of rotatable bonds is 8. The third-order valence-electron chi connectivity index (χ3n) is 4.65. The number of ether oxygens (including phenoxy) is 2. The smallest absolute Gasteiger partial charge is 0.122 e. The van der Waals surface area contributed by atoms with Crippen molar-refractivity contribution in [2.75, 3.05) is 14.2 Å². The van der Waals surface area contributed by atoms with Gasteiger partial charge in [-0.15, -0.1) is 0 Å². The largest absolute Gasteiger partial charge is 0.497 e. The summed E-state index contributed by atoms with van der Waals surface area (Å²) in [4.78, 5) is 0. The molecule has 3 rings (SSSR count). The molecule has 2 heteroatoms. The number of hydrogen-bond donors (Lipinski definition) is 0. The van der Waals surface area contributed by atoms with Crippen molar-refractivity contribution in [2.45, 2.75) is 25.7 Å². The van der Waals surface area contributed by atoms with E-state index in [1.165, 1.54) is 22.3 Å². The first-order valence-electron chi connectivity index (χ1n) is 9.10. The second-order valence-corrected chi connectivity index (χ2v) is 6.53. The van der Waals surface area contributed by atoms with E-state index >= 15 is 0 Å². The third-order valence-corrected chi connectivity index (χ3v) is 4.65. The van der Waals surface area contributed by atoms with E-state index in [1.54, 1.807) is 14.2 Å². The van der Waals surface area contributed by atoms with Gasteiger partial charge in [0.15, 0.2) is 0 Å². The summed E-state index contributed by atoms with van der Waals surface area (Å²) >= 11 is 0. The Hall–Kier alpha value is -2.74. The molecule has 26 heavy (non-hydrogen) atoms. The number of hydrogen-bond acceptors (Lipinski definition) is 2. The number of benzene rings is 3. The van der Waals surface area contributed by atoms with Crippen LogP contribution in [0.4, 0.5) is 0 Å². The van der Waals surface area contributed by atoms with Crippen LogP contribution in [0.3, 0.4) is 0 Å². The van der Waals surface area contributed by atoms with Crippen LogP contribution < -0.4 is 9.47 Å². The Bertz CT molecular complexity index is 802. The lowest BCUT2D eigenvalue weighted by molar-refractivity contribution is 0.393. The van der Waals surface area contributed by atoms with Crippen LogP contribution in [0.25, 0.3) is 0 Å². The van der Waals surface area contributed by atoms with Crippen LogP contribution in [0.5, 0.6) is 11.5 Å². The highest BCUT2D eigenvalue weighted by Crippen LogP contribution is 2.23. The second kappa shape index (κ2) is 9.10. The Balaban J connectivity index is 1.62. The first kappa shape index (κ1) is 18.1. The van der Waals surface area contributed by atoms with Crippen LogP contribution in [0, 0.1) is 0 Å². The van der Waals surface area contributed by atoms with Gasteiger partial charge in [-0.3, -0.25) is 0 Å². The summed E-state index contributed by atoms with van der Waals surface area (Å²) in [5, 5.41) is 0. The minimum absolute atomic E-state index is 0.843. The summed E-state index contributed by atoms with van der Waals surface area (Å²) in [6.45, 7) is 0. The van der Waals surface area contributed by atoms with Crippen molar-refractivity contribution in [3.8, 4) is 11.5 Å². The molecule has 3 aromatic rings. The van der Waals surface area contributed by atoms with Gasteiger partial charge < -0.3 is 9.47 Å². The van der Waals surface area contributed by atoms with E-state index in [1.807, 2.05) is 6.07 Å².